The second-order valence-electron chi connectivity index (χ2n) is 8.32. The van der Waals surface area contributed by atoms with Crippen LogP contribution in [0.3, 0.4) is 0 Å². The van der Waals surface area contributed by atoms with E-state index in [0.29, 0.717) is 11.6 Å². The van der Waals surface area contributed by atoms with Crippen LogP contribution < -0.4 is 10.6 Å². The maximum Gasteiger partial charge on any atom is 0.322 e. The lowest BCUT2D eigenvalue weighted by molar-refractivity contribution is -0.143. The third-order valence-electron chi connectivity index (χ3n) is 6.42. The first kappa shape index (κ1) is 19.9. The number of carbonyl (C=O) groups is 3. The quantitative estimate of drug-likeness (QED) is 0.553. The summed E-state index contributed by atoms with van der Waals surface area (Å²) >= 11 is 1.26. The molecule has 5 atom stereocenters. The van der Waals surface area contributed by atoms with Gasteiger partial charge in [0.05, 0.1) is 11.8 Å². The van der Waals surface area contributed by atoms with E-state index in [1.807, 2.05) is 30.3 Å². The van der Waals surface area contributed by atoms with Crippen LogP contribution in [0.5, 0.6) is 0 Å². The zero-order valence-electron chi connectivity index (χ0n) is 17.0. The highest BCUT2D eigenvalue weighted by atomic mass is 32.1. The Morgan fingerprint density at radius 3 is 2.29 bits per heavy atom. The van der Waals surface area contributed by atoms with Gasteiger partial charge in [-0.3, -0.25) is 19.8 Å². The Hall–Kier alpha value is -3.07. The second kappa shape index (κ2) is 7.88. The highest BCUT2D eigenvalue weighted by molar-refractivity contribution is 7.15. The molecule has 9 heteroatoms. The summed E-state index contributed by atoms with van der Waals surface area (Å²) in [6.07, 6.45) is 5.61. The first-order chi connectivity index (χ1) is 15.0. The fourth-order valence-corrected chi connectivity index (χ4v) is 5.67. The number of anilines is 1. The second-order valence-corrected chi connectivity index (χ2v) is 9.50. The number of aryl methyl sites for hydroxylation is 1. The number of urea groups is 1. The van der Waals surface area contributed by atoms with Gasteiger partial charge in [-0.1, -0.05) is 53.8 Å². The van der Waals surface area contributed by atoms with Crippen molar-refractivity contribution in [3.8, 4) is 0 Å². The molecule has 2 N–H and O–H groups in total. The molecule has 1 aliphatic heterocycles. The fourth-order valence-electron chi connectivity index (χ4n) is 5.08. The standard InChI is InChI=1S/C22H23N5O3S/c1-12-25-26-22(31-12)24-21(30)23-16(11-13-5-3-2-4-6-13)27-19(28)17-14-7-8-15(10-9-14)18(17)20(27)29/h2-8,14-18H,9-11H2,1H3,(H2,23,24,26,30)/t14-,15-,16-,17-,18-/m0/s1. The zero-order valence-corrected chi connectivity index (χ0v) is 17.8. The van der Waals surface area contributed by atoms with Crippen LogP contribution in [-0.2, 0) is 16.0 Å². The van der Waals surface area contributed by atoms with Gasteiger partial charge in [-0.15, -0.1) is 10.2 Å². The van der Waals surface area contributed by atoms with Crippen molar-refractivity contribution in [3.05, 3.63) is 53.1 Å². The molecule has 160 valence electrons. The van der Waals surface area contributed by atoms with E-state index in [9.17, 15) is 14.4 Å². The number of amides is 4. The summed E-state index contributed by atoms with van der Waals surface area (Å²) in [4.78, 5) is 40.8. The van der Waals surface area contributed by atoms with Crippen LogP contribution in [0.4, 0.5) is 9.93 Å². The van der Waals surface area contributed by atoms with Gasteiger partial charge in [-0.05, 0) is 37.2 Å². The monoisotopic (exact) mass is 437 g/mol. The molecule has 0 unspecified atom stereocenters. The third-order valence-corrected chi connectivity index (χ3v) is 7.18. The molecule has 1 aromatic heterocycles. The van der Waals surface area contributed by atoms with E-state index in [1.54, 1.807) is 6.92 Å². The maximum absolute atomic E-state index is 13.4. The average molecular weight is 438 g/mol. The number of hydrogen-bond acceptors (Lipinski definition) is 6. The maximum atomic E-state index is 13.4. The number of fused-ring (bicyclic) bond motifs is 1. The number of hydrogen-bond donors (Lipinski definition) is 2. The highest BCUT2D eigenvalue weighted by Gasteiger charge is 2.58. The molecule has 31 heavy (non-hydrogen) atoms. The summed E-state index contributed by atoms with van der Waals surface area (Å²) in [5.41, 5.74) is 0.927. The van der Waals surface area contributed by atoms with Gasteiger partial charge in [0.1, 0.15) is 11.2 Å². The summed E-state index contributed by atoms with van der Waals surface area (Å²) < 4.78 is 0. The van der Waals surface area contributed by atoms with E-state index in [0.717, 1.165) is 23.4 Å². The largest absolute Gasteiger partial charge is 0.322 e. The summed E-state index contributed by atoms with van der Waals surface area (Å²) in [5, 5.41) is 14.4. The molecule has 6 rings (SSSR count). The molecule has 8 nitrogen and oxygen atoms in total. The van der Waals surface area contributed by atoms with E-state index < -0.39 is 12.2 Å². The Balaban J connectivity index is 1.40. The molecule has 1 saturated carbocycles. The van der Waals surface area contributed by atoms with Crippen molar-refractivity contribution in [2.75, 3.05) is 5.32 Å². The summed E-state index contributed by atoms with van der Waals surface area (Å²) in [7, 11) is 0. The molecular weight excluding hydrogens is 414 g/mol. The van der Waals surface area contributed by atoms with Gasteiger partial charge in [0.2, 0.25) is 16.9 Å². The molecule has 0 spiro atoms. The minimum Gasteiger partial charge on any atom is -0.317 e. The number of nitrogens with one attached hydrogen (secondary N) is 2. The molecule has 1 saturated heterocycles. The number of imide groups is 1. The molecule has 1 aromatic carbocycles. The van der Waals surface area contributed by atoms with Crippen molar-refractivity contribution >= 4 is 34.3 Å². The summed E-state index contributed by atoms with van der Waals surface area (Å²) in [6.45, 7) is 1.80. The predicted octanol–water partition coefficient (Wildman–Crippen LogP) is 2.73. The molecule has 4 aliphatic rings. The van der Waals surface area contributed by atoms with Crippen LogP contribution in [-0.4, -0.2) is 39.1 Å². The fraction of sp³-hybridized carbons (Fsp3) is 0.409. The first-order valence-corrected chi connectivity index (χ1v) is 11.3. The minimum atomic E-state index is -0.776. The van der Waals surface area contributed by atoms with Crippen LogP contribution in [0.1, 0.15) is 23.4 Å². The van der Waals surface area contributed by atoms with Gasteiger partial charge in [-0.25, -0.2) is 4.79 Å². The number of allylic oxidation sites excluding steroid dienone is 2. The molecule has 2 heterocycles. The number of carbonyl (C=O) groups excluding carboxylic acids is 3. The summed E-state index contributed by atoms with van der Waals surface area (Å²) in [5.74, 6) is -0.779. The molecule has 0 radical (unpaired) electrons. The van der Waals surface area contributed by atoms with Crippen molar-refractivity contribution in [1.29, 1.82) is 0 Å². The van der Waals surface area contributed by atoms with Gasteiger partial charge >= 0.3 is 6.03 Å². The minimum absolute atomic E-state index is 0.104. The van der Waals surface area contributed by atoms with Gasteiger partial charge in [0.25, 0.3) is 0 Å². The number of likely N-dealkylation sites (tertiary alicyclic amines) is 1. The predicted molar refractivity (Wildman–Crippen MR) is 115 cm³/mol. The molecule has 2 aromatic rings. The Labute approximate surface area is 183 Å². The van der Waals surface area contributed by atoms with Gasteiger partial charge in [0, 0.05) is 6.42 Å². The number of aromatic nitrogens is 2. The van der Waals surface area contributed by atoms with Crippen molar-refractivity contribution in [2.24, 2.45) is 23.7 Å². The molecule has 3 aliphatic carbocycles. The third kappa shape index (κ3) is 3.63. The van der Waals surface area contributed by atoms with Crippen LogP contribution >= 0.6 is 11.3 Å². The topological polar surface area (TPSA) is 104 Å². The smallest absolute Gasteiger partial charge is 0.317 e. The van der Waals surface area contributed by atoms with Crippen LogP contribution in [0, 0.1) is 30.6 Å². The summed E-state index contributed by atoms with van der Waals surface area (Å²) in [6, 6.07) is 9.02. The van der Waals surface area contributed by atoms with Crippen LogP contribution in [0.15, 0.2) is 42.5 Å². The normalized spacial score (nSPS) is 27.3. The molecule has 2 bridgehead atoms. The Kier molecular flexibility index (Phi) is 5.05. The van der Waals surface area contributed by atoms with E-state index in [2.05, 4.69) is 33.0 Å². The van der Waals surface area contributed by atoms with Crippen molar-refractivity contribution < 1.29 is 14.4 Å². The lowest BCUT2D eigenvalue weighted by Gasteiger charge is -2.38. The lowest BCUT2D eigenvalue weighted by Crippen LogP contribution is -2.53. The van der Waals surface area contributed by atoms with Crippen LogP contribution in [0.2, 0.25) is 0 Å². The van der Waals surface area contributed by atoms with E-state index >= 15 is 0 Å². The van der Waals surface area contributed by atoms with Gasteiger partial charge in [0.15, 0.2) is 0 Å². The number of benzene rings is 1. The Morgan fingerprint density at radius 1 is 1.10 bits per heavy atom. The highest BCUT2D eigenvalue weighted by Crippen LogP contribution is 2.50. The number of nitrogens with zero attached hydrogens (tertiary/aromatic N) is 3. The zero-order chi connectivity index (χ0) is 21.5. The molecule has 2 fully saturated rings. The van der Waals surface area contributed by atoms with Crippen molar-refractivity contribution in [2.45, 2.75) is 32.4 Å². The first-order valence-electron chi connectivity index (χ1n) is 10.5. The Bertz CT molecular complexity index is 1020. The number of rotatable bonds is 5. The van der Waals surface area contributed by atoms with Gasteiger partial charge in [-0.2, -0.15) is 0 Å². The molecule has 4 amide bonds. The molecular formula is C22H23N5O3S. The van der Waals surface area contributed by atoms with E-state index in [-0.39, 0.29) is 35.5 Å². The average Bonchev–Trinajstić information content (AvgIpc) is 3.30. The van der Waals surface area contributed by atoms with Gasteiger partial charge < -0.3 is 5.32 Å². The van der Waals surface area contributed by atoms with E-state index in [4.69, 9.17) is 0 Å². The van der Waals surface area contributed by atoms with E-state index in [1.165, 1.54) is 16.2 Å². The SMILES string of the molecule is Cc1nnc(NC(=O)N[C@H](Cc2ccccc2)N2C(=O)[C@@H]3[C@@H](C2=O)[C@H]2C=C[C@H]3CC2)s1. The lowest BCUT2D eigenvalue weighted by atomic mass is 9.63. The Morgan fingerprint density at radius 2 is 1.74 bits per heavy atom. The van der Waals surface area contributed by atoms with Crippen LogP contribution in [0.25, 0.3) is 0 Å². The van der Waals surface area contributed by atoms with Crippen molar-refractivity contribution in [1.82, 2.24) is 20.4 Å². The van der Waals surface area contributed by atoms with Crippen molar-refractivity contribution in [3.63, 3.8) is 0 Å².